The number of hydrogen-bond donors (Lipinski definition) is 2. The lowest BCUT2D eigenvalue weighted by Crippen LogP contribution is -2.34. The molecule has 1 saturated heterocycles. The minimum atomic E-state index is -0.776. The first kappa shape index (κ1) is 11.9. The zero-order chi connectivity index (χ0) is 12.3. The number of carboxylic acids is 1. The zero-order valence-corrected chi connectivity index (χ0v) is 9.85. The fourth-order valence-electron chi connectivity index (χ4n) is 2.30. The Morgan fingerprint density at radius 2 is 2.18 bits per heavy atom. The van der Waals surface area contributed by atoms with E-state index < -0.39 is 12.0 Å². The first-order chi connectivity index (χ1) is 8.22. The molecule has 1 aromatic rings. The van der Waals surface area contributed by atoms with Crippen molar-refractivity contribution in [1.82, 2.24) is 5.32 Å². The van der Waals surface area contributed by atoms with E-state index in [9.17, 15) is 4.79 Å². The van der Waals surface area contributed by atoms with Gasteiger partial charge in [-0.25, -0.2) is 0 Å². The predicted molar refractivity (Wildman–Crippen MR) is 64.4 cm³/mol. The number of hydrogen-bond acceptors (Lipinski definition) is 3. The molecular formula is C13H17NO3. The average molecular weight is 235 g/mol. The van der Waals surface area contributed by atoms with Gasteiger partial charge in [0.25, 0.3) is 0 Å². The Morgan fingerprint density at radius 3 is 2.76 bits per heavy atom. The normalized spacial score (nSPS) is 23.6. The van der Waals surface area contributed by atoms with Crippen LogP contribution in [0, 0.1) is 0 Å². The maximum absolute atomic E-state index is 11.1. The van der Waals surface area contributed by atoms with Crippen LogP contribution in [0.3, 0.4) is 0 Å². The molecule has 0 amide bonds. The molecule has 2 unspecified atom stereocenters. The highest BCUT2D eigenvalue weighted by Gasteiger charge is 2.33. The maximum atomic E-state index is 11.1. The van der Waals surface area contributed by atoms with Crippen LogP contribution >= 0.6 is 0 Å². The van der Waals surface area contributed by atoms with Crippen molar-refractivity contribution in [2.45, 2.75) is 25.3 Å². The molecule has 1 aliphatic heterocycles. The second-order valence-corrected chi connectivity index (χ2v) is 4.17. The third kappa shape index (κ3) is 2.58. The van der Waals surface area contributed by atoms with Gasteiger partial charge >= 0.3 is 5.97 Å². The van der Waals surface area contributed by atoms with Crippen LogP contribution in [0.4, 0.5) is 0 Å². The summed E-state index contributed by atoms with van der Waals surface area (Å²) in [6, 6.07) is 7.25. The minimum Gasteiger partial charge on any atom is -0.494 e. The molecule has 0 aromatic heterocycles. The largest absolute Gasteiger partial charge is 0.494 e. The molecule has 1 heterocycles. The van der Waals surface area contributed by atoms with Gasteiger partial charge in [-0.2, -0.15) is 0 Å². The molecule has 0 spiro atoms. The minimum absolute atomic E-state index is 0.0585. The molecule has 0 saturated carbocycles. The van der Waals surface area contributed by atoms with Gasteiger partial charge in [0, 0.05) is 5.92 Å². The van der Waals surface area contributed by atoms with Gasteiger partial charge in [0.05, 0.1) is 6.61 Å². The van der Waals surface area contributed by atoms with Crippen molar-refractivity contribution in [1.29, 1.82) is 0 Å². The molecule has 2 N–H and O–H groups in total. The van der Waals surface area contributed by atoms with E-state index in [2.05, 4.69) is 5.32 Å². The van der Waals surface area contributed by atoms with Gasteiger partial charge in [0.15, 0.2) is 0 Å². The lowest BCUT2D eigenvalue weighted by Gasteiger charge is -2.16. The molecular weight excluding hydrogens is 218 g/mol. The lowest BCUT2D eigenvalue weighted by molar-refractivity contribution is -0.139. The fraction of sp³-hybridized carbons (Fsp3) is 0.462. The Bertz CT molecular complexity index is 388. The van der Waals surface area contributed by atoms with E-state index in [4.69, 9.17) is 9.84 Å². The molecule has 2 rings (SSSR count). The number of carbonyl (C=O) groups is 1. The Morgan fingerprint density at radius 1 is 1.47 bits per heavy atom. The molecule has 4 heteroatoms. The van der Waals surface area contributed by atoms with Crippen LogP contribution in [0.5, 0.6) is 5.75 Å². The highest BCUT2D eigenvalue weighted by atomic mass is 16.5. The smallest absolute Gasteiger partial charge is 0.321 e. The zero-order valence-electron chi connectivity index (χ0n) is 9.85. The summed E-state index contributed by atoms with van der Waals surface area (Å²) >= 11 is 0. The van der Waals surface area contributed by atoms with Crippen LogP contribution in [0.2, 0.25) is 0 Å². The number of carboxylic acid groups (broad SMARTS) is 1. The molecule has 1 aliphatic rings. The first-order valence-electron chi connectivity index (χ1n) is 5.91. The van der Waals surface area contributed by atoms with Gasteiger partial charge in [-0.1, -0.05) is 12.1 Å². The molecule has 0 aliphatic carbocycles. The predicted octanol–water partition coefficient (Wildman–Crippen LogP) is 1.62. The Balaban J connectivity index is 2.13. The third-order valence-electron chi connectivity index (χ3n) is 3.11. The average Bonchev–Trinajstić information content (AvgIpc) is 2.79. The van der Waals surface area contributed by atoms with E-state index in [0.717, 1.165) is 24.3 Å². The summed E-state index contributed by atoms with van der Waals surface area (Å²) in [6.07, 6.45) is 0.866. The van der Waals surface area contributed by atoms with Crippen molar-refractivity contribution in [2.24, 2.45) is 0 Å². The van der Waals surface area contributed by atoms with Crippen molar-refractivity contribution in [3.8, 4) is 5.75 Å². The Hall–Kier alpha value is -1.55. The van der Waals surface area contributed by atoms with Gasteiger partial charge in [-0.15, -0.1) is 0 Å². The van der Waals surface area contributed by atoms with Gasteiger partial charge in [0.1, 0.15) is 11.8 Å². The quantitative estimate of drug-likeness (QED) is 0.832. The third-order valence-corrected chi connectivity index (χ3v) is 3.11. The first-order valence-corrected chi connectivity index (χ1v) is 5.91. The van der Waals surface area contributed by atoms with E-state index in [-0.39, 0.29) is 5.92 Å². The van der Waals surface area contributed by atoms with Gasteiger partial charge in [0.2, 0.25) is 0 Å². The molecule has 4 nitrogen and oxygen atoms in total. The summed E-state index contributed by atoms with van der Waals surface area (Å²) in [7, 11) is 0. The van der Waals surface area contributed by atoms with Gasteiger partial charge < -0.3 is 15.2 Å². The maximum Gasteiger partial charge on any atom is 0.321 e. The van der Waals surface area contributed by atoms with E-state index >= 15 is 0 Å². The van der Waals surface area contributed by atoms with Crippen LogP contribution in [-0.4, -0.2) is 30.3 Å². The number of nitrogens with one attached hydrogen (secondary N) is 1. The van der Waals surface area contributed by atoms with Crippen LogP contribution in [0.1, 0.15) is 24.8 Å². The summed E-state index contributed by atoms with van der Waals surface area (Å²) in [5, 5.41) is 12.1. The number of rotatable bonds is 4. The molecule has 17 heavy (non-hydrogen) atoms. The molecule has 92 valence electrons. The summed E-state index contributed by atoms with van der Waals surface area (Å²) in [4.78, 5) is 11.1. The lowest BCUT2D eigenvalue weighted by atomic mass is 9.92. The molecule has 1 fully saturated rings. The summed E-state index contributed by atoms with van der Waals surface area (Å²) < 4.78 is 5.37. The summed E-state index contributed by atoms with van der Waals surface area (Å²) in [5.41, 5.74) is 1.06. The van der Waals surface area contributed by atoms with Crippen molar-refractivity contribution < 1.29 is 14.6 Å². The Kier molecular flexibility index (Phi) is 3.64. The second kappa shape index (κ2) is 5.19. The van der Waals surface area contributed by atoms with Gasteiger partial charge in [-0.05, 0) is 37.6 Å². The van der Waals surface area contributed by atoms with Gasteiger partial charge in [-0.3, -0.25) is 4.79 Å². The van der Waals surface area contributed by atoms with E-state index in [1.54, 1.807) is 0 Å². The van der Waals surface area contributed by atoms with E-state index in [0.29, 0.717) is 6.61 Å². The van der Waals surface area contributed by atoms with Crippen molar-refractivity contribution in [3.05, 3.63) is 29.8 Å². The van der Waals surface area contributed by atoms with Crippen LogP contribution < -0.4 is 10.1 Å². The molecule has 0 radical (unpaired) electrons. The summed E-state index contributed by atoms with van der Waals surface area (Å²) in [5.74, 6) is 0.110. The summed E-state index contributed by atoms with van der Waals surface area (Å²) in [6.45, 7) is 3.34. The highest BCUT2D eigenvalue weighted by molar-refractivity contribution is 5.75. The second-order valence-electron chi connectivity index (χ2n) is 4.17. The van der Waals surface area contributed by atoms with Crippen molar-refractivity contribution >= 4 is 5.97 Å². The number of ether oxygens (including phenoxy) is 1. The monoisotopic (exact) mass is 235 g/mol. The fourth-order valence-corrected chi connectivity index (χ4v) is 2.30. The van der Waals surface area contributed by atoms with Crippen LogP contribution in [-0.2, 0) is 4.79 Å². The topological polar surface area (TPSA) is 58.6 Å². The molecule has 2 atom stereocenters. The van der Waals surface area contributed by atoms with Crippen molar-refractivity contribution in [2.75, 3.05) is 13.2 Å². The molecule has 1 aromatic carbocycles. The SMILES string of the molecule is CCOc1ccc(C2CCNC2C(=O)O)cc1. The molecule has 0 bridgehead atoms. The van der Waals surface area contributed by atoms with E-state index in [1.807, 2.05) is 31.2 Å². The highest BCUT2D eigenvalue weighted by Crippen LogP contribution is 2.29. The number of aliphatic carboxylic acids is 1. The Labute approximate surface area is 101 Å². The van der Waals surface area contributed by atoms with Crippen LogP contribution in [0.25, 0.3) is 0 Å². The van der Waals surface area contributed by atoms with E-state index in [1.165, 1.54) is 0 Å². The standard InChI is InChI=1S/C13H17NO3/c1-2-17-10-5-3-9(4-6-10)11-7-8-14-12(11)13(15)16/h3-6,11-12,14H,2,7-8H2,1H3,(H,15,16). The number of benzene rings is 1. The van der Waals surface area contributed by atoms with Crippen molar-refractivity contribution in [3.63, 3.8) is 0 Å². The van der Waals surface area contributed by atoms with Crippen LogP contribution in [0.15, 0.2) is 24.3 Å².